The number of ether oxygens (including phenoxy) is 1. The van der Waals surface area contributed by atoms with Crippen LogP contribution in [0.5, 0.6) is 0 Å². The van der Waals surface area contributed by atoms with Crippen molar-refractivity contribution < 1.29 is 9.53 Å². The number of hydrogen-bond acceptors (Lipinski definition) is 3. The molecule has 0 amide bonds. The van der Waals surface area contributed by atoms with Crippen molar-refractivity contribution in [1.29, 1.82) is 0 Å². The van der Waals surface area contributed by atoms with E-state index in [0.717, 1.165) is 19.3 Å². The Morgan fingerprint density at radius 2 is 2.36 bits per heavy atom. The highest BCUT2D eigenvalue weighted by Crippen LogP contribution is 2.47. The van der Waals surface area contributed by atoms with Crippen LogP contribution in [0, 0.1) is 0 Å². The Balaban J connectivity index is 2.01. The number of rotatable bonds is 0. The fraction of sp³-hybridized carbons (Fsp3) is 0.875. The van der Waals surface area contributed by atoms with E-state index >= 15 is 0 Å². The van der Waals surface area contributed by atoms with Crippen molar-refractivity contribution in [2.75, 3.05) is 0 Å². The van der Waals surface area contributed by atoms with Crippen molar-refractivity contribution in [1.82, 2.24) is 0 Å². The quantitative estimate of drug-likeness (QED) is 0.542. The van der Waals surface area contributed by atoms with Gasteiger partial charge in [0.25, 0.3) is 0 Å². The second kappa shape index (κ2) is 2.02. The first-order valence-corrected chi connectivity index (χ1v) is 5.13. The zero-order valence-electron chi connectivity index (χ0n) is 6.16. The molecule has 3 aliphatic heterocycles. The van der Waals surface area contributed by atoms with Gasteiger partial charge in [0.1, 0.15) is 6.10 Å². The number of thioether (sulfide) groups is 1. The smallest absolute Gasteiger partial charge is 0.174 e. The molecule has 4 atom stereocenters. The maximum absolute atomic E-state index is 11.5. The van der Waals surface area contributed by atoms with Crippen LogP contribution in [0.1, 0.15) is 19.3 Å². The van der Waals surface area contributed by atoms with Crippen molar-refractivity contribution >= 4 is 17.5 Å². The minimum atomic E-state index is -0.0150. The van der Waals surface area contributed by atoms with E-state index in [2.05, 4.69) is 0 Å². The molecular weight excluding hydrogens is 160 g/mol. The van der Waals surface area contributed by atoms with Gasteiger partial charge in [0, 0.05) is 5.25 Å². The average molecular weight is 170 g/mol. The van der Waals surface area contributed by atoms with E-state index in [0.29, 0.717) is 17.1 Å². The monoisotopic (exact) mass is 170 g/mol. The molecular formula is C8H10O2S. The zero-order valence-corrected chi connectivity index (χ0v) is 6.97. The van der Waals surface area contributed by atoms with Gasteiger partial charge in [-0.1, -0.05) is 0 Å². The lowest BCUT2D eigenvalue weighted by molar-refractivity contribution is -0.127. The van der Waals surface area contributed by atoms with Crippen molar-refractivity contribution in [3.63, 3.8) is 0 Å². The summed E-state index contributed by atoms with van der Waals surface area (Å²) in [6.07, 6.45) is 3.56. The Morgan fingerprint density at radius 1 is 1.45 bits per heavy atom. The molecule has 60 valence electrons. The summed E-state index contributed by atoms with van der Waals surface area (Å²) < 4.78 is 5.62. The van der Waals surface area contributed by atoms with E-state index in [-0.39, 0.29) is 11.4 Å². The van der Waals surface area contributed by atoms with E-state index < -0.39 is 0 Å². The highest BCUT2D eigenvalue weighted by Gasteiger charge is 2.50. The first kappa shape index (κ1) is 6.49. The molecule has 3 aliphatic rings. The normalized spacial score (nSPS) is 53.6. The van der Waals surface area contributed by atoms with E-state index in [9.17, 15) is 4.79 Å². The summed E-state index contributed by atoms with van der Waals surface area (Å²) in [6.45, 7) is 0. The van der Waals surface area contributed by atoms with Crippen LogP contribution >= 0.6 is 11.8 Å². The molecule has 0 saturated carbocycles. The van der Waals surface area contributed by atoms with Gasteiger partial charge in [-0.3, -0.25) is 4.79 Å². The second-order valence-electron chi connectivity index (χ2n) is 3.54. The summed E-state index contributed by atoms with van der Waals surface area (Å²) in [5, 5.41) is 0.939. The van der Waals surface area contributed by atoms with Gasteiger partial charge in [-0.05, 0) is 19.3 Å². The average Bonchev–Trinajstić information content (AvgIpc) is 2.33. The van der Waals surface area contributed by atoms with Gasteiger partial charge in [0.15, 0.2) is 5.78 Å². The fourth-order valence-electron chi connectivity index (χ4n) is 2.31. The van der Waals surface area contributed by atoms with Crippen LogP contribution in [-0.2, 0) is 9.53 Å². The molecule has 3 heterocycles. The highest BCUT2D eigenvalue weighted by molar-refractivity contribution is 8.01. The Kier molecular flexibility index (Phi) is 1.19. The summed E-state index contributed by atoms with van der Waals surface area (Å²) in [5.74, 6) is 0.367. The van der Waals surface area contributed by atoms with E-state index in [1.54, 1.807) is 0 Å². The van der Waals surface area contributed by atoms with E-state index in [1.165, 1.54) is 0 Å². The summed E-state index contributed by atoms with van der Waals surface area (Å²) in [5.41, 5.74) is 0. The summed E-state index contributed by atoms with van der Waals surface area (Å²) >= 11 is 1.86. The predicted molar refractivity (Wildman–Crippen MR) is 42.7 cm³/mol. The van der Waals surface area contributed by atoms with Gasteiger partial charge < -0.3 is 4.74 Å². The molecule has 3 rings (SSSR count). The van der Waals surface area contributed by atoms with Gasteiger partial charge in [0.05, 0.1) is 11.4 Å². The third kappa shape index (κ3) is 0.757. The maximum Gasteiger partial charge on any atom is 0.174 e. The van der Waals surface area contributed by atoms with Crippen LogP contribution in [-0.4, -0.2) is 28.5 Å². The van der Waals surface area contributed by atoms with E-state index in [1.807, 2.05) is 11.8 Å². The molecule has 4 unspecified atom stereocenters. The predicted octanol–water partition coefficient (Wildman–Crippen LogP) is 0.991. The van der Waals surface area contributed by atoms with Crippen molar-refractivity contribution in [2.24, 2.45) is 0 Å². The number of carbonyl (C=O) groups excluding carboxylic acids is 1. The summed E-state index contributed by atoms with van der Waals surface area (Å²) in [7, 11) is 0. The van der Waals surface area contributed by atoms with Crippen LogP contribution in [0.15, 0.2) is 0 Å². The lowest BCUT2D eigenvalue weighted by Gasteiger charge is -2.29. The lowest BCUT2D eigenvalue weighted by Crippen LogP contribution is -2.36. The molecule has 3 fully saturated rings. The van der Waals surface area contributed by atoms with Crippen LogP contribution in [0.4, 0.5) is 0 Å². The minimum Gasteiger partial charge on any atom is -0.366 e. The number of carbonyl (C=O) groups is 1. The van der Waals surface area contributed by atoms with Gasteiger partial charge in [-0.15, -0.1) is 11.8 Å². The molecule has 0 aromatic carbocycles. The van der Waals surface area contributed by atoms with Gasteiger partial charge >= 0.3 is 0 Å². The SMILES string of the molecule is O=C1C2CC3SC1CCC3O2. The Hall–Kier alpha value is -0.0200. The zero-order chi connectivity index (χ0) is 7.42. The lowest BCUT2D eigenvalue weighted by atomic mass is 9.98. The van der Waals surface area contributed by atoms with Crippen molar-refractivity contribution in [2.45, 2.75) is 42.0 Å². The van der Waals surface area contributed by atoms with Crippen LogP contribution in [0.25, 0.3) is 0 Å². The molecule has 3 heteroatoms. The molecule has 3 bridgehead atoms. The van der Waals surface area contributed by atoms with E-state index in [4.69, 9.17) is 4.74 Å². The van der Waals surface area contributed by atoms with Crippen LogP contribution < -0.4 is 0 Å². The Labute approximate surface area is 69.7 Å². The topological polar surface area (TPSA) is 26.3 Å². The van der Waals surface area contributed by atoms with Crippen molar-refractivity contribution in [3.05, 3.63) is 0 Å². The molecule has 2 nitrogen and oxygen atoms in total. The first-order valence-electron chi connectivity index (χ1n) is 4.19. The molecule has 11 heavy (non-hydrogen) atoms. The van der Waals surface area contributed by atoms with Gasteiger partial charge in [0.2, 0.25) is 0 Å². The third-order valence-electron chi connectivity index (χ3n) is 2.89. The number of hydrogen-bond donors (Lipinski definition) is 0. The van der Waals surface area contributed by atoms with Crippen LogP contribution in [0.3, 0.4) is 0 Å². The number of Topliss-reactive ketones (excluding diaryl/α,β-unsaturated/α-hetero) is 1. The standard InChI is InChI=1S/C8H10O2S/c9-8-5-3-7-4(10-5)1-2-6(8)11-7/h4-7H,1-3H2. The van der Waals surface area contributed by atoms with Crippen molar-refractivity contribution in [3.8, 4) is 0 Å². The first-order chi connectivity index (χ1) is 5.34. The molecule has 0 spiro atoms. The Morgan fingerprint density at radius 3 is 3.27 bits per heavy atom. The Bertz CT molecular complexity index is 206. The molecule has 0 aromatic heterocycles. The molecule has 3 saturated heterocycles. The largest absolute Gasteiger partial charge is 0.366 e. The van der Waals surface area contributed by atoms with Gasteiger partial charge in [-0.25, -0.2) is 0 Å². The molecule has 0 aliphatic carbocycles. The molecule has 0 aromatic rings. The molecule has 0 radical (unpaired) electrons. The number of fused-ring (bicyclic) bond motifs is 2. The summed E-state index contributed by atoms with van der Waals surface area (Å²) in [6, 6.07) is 0. The summed E-state index contributed by atoms with van der Waals surface area (Å²) in [4.78, 5) is 11.5. The highest BCUT2D eigenvalue weighted by atomic mass is 32.2. The fourth-order valence-corrected chi connectivity index (χ4v) is 3.95. The second-order valence-corrected chi connectivity index (χ2v) is 4.99. The number of ketones is 1. The molecule has 0 N–H and O–H groups in total. The minimum absolute atomic E-state index is 0.0150. The van der Waals surface area contributed by atoms with Crippen LogP contribution in [0.2, 0.25) is 0 Å². The third-order valence-corrected chi connectivity index (χ3v) is 4.53. The van der Waals surface area contributed by atoms with Gasteiger partial charge in [-0.2, -0.15) is 0 Å². The maximum atomic E-state index is 11.5.